The lowest BCUT2D eigenvalue weighted by Gasteiger charge is -2.33. The van der Waals surface area contributed by atoms with Crippen LogP contribution in [-0.2, 0) is 6.54 Å². The van der Waals surface area contributed by atoms with E-state index in [2.05, 4.69) is 38.9 Å². The van der Waals surface area contributed by atoms with Crippen molar-refractivity contribution in [1.82, 2.24) is 9.88 Å². The Balaban J connectivity index is 0.00000161. The van der Waals surface area contributed by atoms with Gasteiger partial charge in [-0.2, -0.15) is 0 Å². The van der Waals surface area contributed by atoms with Gasteiger partial charge in [0.15, 0.2) is 5.13 Å². The molecule has 2 heterocycles. The number of anilines is 1. The minimum absolute atomic E-state index is 0. The molecule has 1 aliphatic heterocycles. The molecular weight excluding hydrogens is 374 g/mol. The quantitative estimate of drug-likeness (QED) is 0.864. The van der Waals surface area contributed by atoms with Gasteiger partial charge in [0.05, 0.1) is 6.61 Å². The third kappa shape index (κ3) is 3.69. The van der Waals surface area contributed by atoms with Gasteiger partial charge in [-0.1, -0.05) is 15.9 Å². The van der Waals surface area contributed by atoms with Gasteiger partial charge in [-0.25, -0.2) is 4.98 Å². The zero-order valence-corrected chi connectivity index (χ0v) is 14.8. The van der Waals surface area contributed by atoms with Crippen LogP contribution in [0, 0.1) is 0 Å². The second-order valence-corrected chi connectivity index (χ2v) is 6.98. The van der Waals surface area contributed by atoms with Crippen molar-refractivity contribution in [2.45, 2.75) is 19.0 Å². The molecule has 1 unspecified atom stereocenters. The van der Waals surface area contributed by atoms with Crippen LogP contribution in [0.3, 0.4) is 0 Å². The molecule has 0 spiro atoms. The largest absolute Gasteiger partial charge is 0.493 e. The number of ether oxygens (including phenoxy) is 1. The molecule has 0 aliphatic carbocycles. The first-order chi connectivity index (χ1) is 9.63. The normalized spacial score (nSPS) is 17.0. The Hall–Kier alpha value is -0.820. The zero-order chi connectivity index (χ0) is 14.1. The van der Waals surface area contributed by atoms with Crippen molar-refractivity contribution in [2.24, 2.45) is 0 Å². The van der Waals surface area contributed by atoms with Crippen LogP contribution in [0.5, 0.6) is 5.75 Å². The molecule has 114 valence electrons. The molecular formula is C14H17BrClN3OS. The van der Waals surface area contributed by atoms with E-state index in [4.69, 9.17) is 10.5 Å². The van der Waals surface area contributed by atoms with E-state index < -0.39 is 0 Å². The van der Waals surface area contributed by atoms with Gasteiger partial charge in [0.2, 0.25) is 0 Å². The number of nitrogens with zero attached hydrogens (tertiary/aromatic N) is 2. The summed E-state index contributed by atoms with van der Waals surface area (Å²) in [5, 5.41) is 0.628. The van der Waals surface area contributed by atoms with Gasteiger partial charge in [-0.15, -0.1) is 23.7 Å². The van der Waals surface area contributed by atoms with Crippen LogP contribution in [0.15, 0.2) is 28.9 Å². The number of fused-ring (bicyclic) bond motifs is 1. The molecule has 0 fully saturated rings. The van der Waals surface area contributed by atoms with E-state index in [9.17, 15) is 0 Å². The summed E-state index contributed by atoms with van der Waals surface area (Å²) in [5.41, 5.74) is 6.93. The number of halogens is 2. The van der Waals surface area contributed by atoms with Crippen LogP contribution in [0.4, 0.5) is 5.13 Å². The average Bonchev–Trinajstić information content (AvgIpc) is 2.83. The van der Waals surface area contributed by atoms with E-state index in [1.54, 1.807) is 11.3 Å². The molecule has 21 heavy (non-hydrogen) atoms. The maximum atomic E-state index is 5.74. The molecule has 1 aromatic heterocycles. The molecule has 1 atom stereocenters. The highest BCUT2D eigenvalue weighted by atomic mass is 79.9. The molecule has 0 saturated carbocycles. The van der Waals surface area contributed by atoms with Gasteiger partial charge >= 0.3 is 0 Å². The summed E-state index contributed by atoms with van der Waals surface area (Å²) in [7, 11) is 2.14. The number of hydrogen-bond acceptors (Lipinski definition) is 5. The summed E-state index contributed by atoms with van der Waals surface area (Å²) >= 11 is 5.09. The predicted molar refractivity (Wildman–Crippen MR) is 92.2 cm³/mol. The first kappa shape index (κ1) is 16.5. The second-order valence-electron chi connectivity index (χ2n) is 4.92. The standard InChI is InChI=1S/C14H16BrN3OS.ClH/c1-18(8-10-7-17-14(16)20-10)12-4-5-19-13-3-2-9(15)6-11(12)13;/h2-3,6-7,12H,4-5,8H2,1H3,(H2,16,17);1H. The third-order valence-electron chi connectivity index (χ3n) is 3.49. The molecule has 0 saturated heterocycles. The van der Waals surface area contributed by atoms with Crippen molar-refractivity contribution in [1.29, 1.82) is 0 Å². The van der Waals surface area contributed by atoms with Gasteiger partial charge in [-0.3, -0.25) is 4.90 Å². The smallest absolute Gasteiger partial charge is 0.180 e. The van der Waals surface area contributed by atoms with E-state index in [0.29, 0.717) is 11.2 Å². The van der Waals surface area contributed by atoms with E-state index in [1.807, 2.05) is 18.3 Å². The molecule has 2 N–H and O–H groups in total. The van der Waals surface area contributed by atoms with Crippen molar-refractivity contribution in [3.05, 3.63) is 39.3 Å². The number of rotatable bonds is 3. The monoisotopic (exact) mass is 389 g/mol. The lowest BCUT2D eigenvalue weighted by atomic mass is 9.99. The van der Waals surface area contributed by atoms with Crippen LogP contribution in [-0.4, -0.2) is 23.5 Å². The Morgan fingerprint density at radius 3 is 3.05 bits per heavy atom. The number of thiazole rings is 1. The van der Waals surface area contributed by atoms with Crippen LogP contribution in [0.25, 0.3) is 0 Å². The van der Waals surface area contributed by atoms with Crippen molar-refractivity contribution in [3.63, 3.8) is 0 Å². The first-order valence-electron chi connectivity index (χ1n) is 6.46. The Morgan fingerprint density at radius 1 is 1.52 bits per heavy atom. The number of nitrogen functional groups attached to an aromatic ring is 1. The van der Waals surface area contributed by atoms with Crippen LogP contribution in [0.2, 0.25) is 0 Å². The molecule has 3 rings (SSSR count). The minimum atomic E-state index is 0. The number of aromatic nitrogens is 1. The summed E-state index contributed by atoms with van der Waals surface area (Å²) < 4.78 is 6.82. The highest BCUT2D eigenvalue weighted by Crippen LogP contribution is 2.37. The van der Waals surface area contributed by atoms with Crippen molar-refractivity contribution < 1.29 is 4.74 Å². The van der Waals surface area contributed by atoms with Gasteiger partial charge in [0.1, 0.15) is 5.75 Å². The Kier molecular flexibility index (Phi) is 5.48. The molecule has 7 heteroatoms. The van der Waals surface area contributed by atoms with Crippen LogP contribution < -0.4 is 10.5 Å². The fraction of sp³-hybridized carbons (Fsp3) is 0.357. The van der Waals surface area contributed by atoms with Gasteiger partial charge in [-0.05, 0) is 25.2 Å². The Morgan fingerprint density at radius 2 is 2.33 bits per heavy atom. The fourth-order valence-electron chi connectivity index (χ4n) is 2.56. The molecule has 0 radical (unpaired) electrons. The summed E-state index contributed by atoms with van der Waals surface area (Å²) in [6.07, 6.45) is 2.85. The number of benzene rings is 1. The molecule has 4 nitrogen and oxygen atoms in total. The lowest BCUT2D eigenvalue weighted by molar-refractivity contribution is 0.161. The summed E-state index contributed by atoms with van der Waals surface area (Å²) in [4.78, 5) is 7.63. The summed E-state index contributed by atoms with van der Waals surface area (Å²) in [6, 6.07) is 6.56. The average molecular weight is 391 g/mol. The lowest BCUT2D eigenvalue weighted by Crippen LogP contribution is -2.28. The van der Waals surface area contributed by atoms with Crippen molar-refractivity contribution >= 4 is 44.8 Å². The fourth-order valence-corrected chi connectivity index (χ4v) is 3.68. The van der Waals surface area contributed by atoms with E-state index >= 15 is 0 Å². The zero-order valence-electron chi connectivity index (χ0n) is 11.6. The van der Waals surface area contributed by atoms with Crippen LogP contribution in [0.1, 0.15) is 22.9 Å². The third-order valence-corrected chi connectivity index (χ3v) is 4.79. The molecule has 0 bridgehead atoms. The van der Waals surface area contributed by atoms with Gasteiger partial charge in [0.25, 0.3) is 0 Å². The highest BCUT2D eigenvalue weighted by Gasteiger charge is 2.25. The van der Waals surface area contributed by atoms with Gasteiger partial charge in [0, 0.05) is 40.1 Å². The predicted octanol–water partition coefficient (Wildman–Crippen LogP) is 3.87. The molecule has 1 aromatic carbocycles. The summed E-state index contributed by atoms with van der Waals surface area (Å²) in [6.45, 7) is 1.61. The molecule has 0 amide bonds. The SMILES string of the molecule is CN(Cc1cnc(N)s1)C1CCOc2ccc(Br)cc21.Cl. The maximum absolute atomic E-state index is 5.74. The minimum Gasteiger partial charge on any atom is -0.493 e. The van der Waals surface area contributed by atoms with Crippen molar-refractivity contribution in [2.75, 3.05) is 19.4 Å². The van der Waals surface area contributed by atoms with E-state index in [-0.39, 0.29) is 12.4 Å². The van der Waals surface area contributed by atoms with Crippen LogP contribution >= 0.6 is 39.7 Å². The van der Waals surface area contributed by atoms with Gasteiger partial charge < -0.3 is 10.5 Å². The Bertz CT molecular complexity index is 622. The highest BCUT2D eigenvalue weighted by molar-refractivity contribution is 9.10. The number of nitrogens with two attached hydrogens (primary N) is 1. The van der Waals surface area contributed by atoms with E-state index in [0.717, 1.165) is 29.8 Å². The maximum Gasteiger partial charge on any atom is 0.180 e. The number of hydrogen-bond donors (Lipinski definition) is 1. The van der Waals surface area contributed by atoms with Crippen molar-refractivity contribution in [3.8, 4) is 5.75 Å². The summed E-state index contributed by atoms with van der Waals surface area (Å²) in [5.74, 6) is 0.986. The first-order valence-corrected chi connectivity index (χ1v) is 8.07. The second kappa shape index (κ2) is 6.96. The van der Waals surface area contributed by atoms with E-state index in [1.165, 1.54) is 10.4 Å². The topological polar surface area (TPSA) is 51.4 Å². The Labute approximate surface area is 142 Å². The molecule has 2 aromatic rings. The molecule has 1 aliphatic rings.